The van der Waals surface area contributed by atoms with E-state index in [-0.39, 0.29) is 12.2 Å². The van der Waals surface area contributed by atoms with Crippen LogP contribution >= 0.6 is 0 Å². The summed E-state index contributed by atoms with van der Waals surface area (Å²) in [6, 6.07) is 0.725. The van der Waals surface area contributed by atoms with Crippen LogP contribution in [0.2, 0.25) is 0 Å². The number of hydrogen-bond acceptors (Lipinski definition) is 4. The maximum absolute atomic E-state index is 11.9. The summed E-state index contributed by atoms with van der Waals surface area (Å²) in [6.45, 7) is 8.87. The molecular formula is C16H30N2O3. The molecule has 1 aliphatic heterocycles. The minimum atomic E-state index is -0.419. The molecule has 2 fully saturated rings. The zero-order valence-corrected chi connectivity index (χ0v) is 13.7. The number of ether oxygens (including phenoxy) is 2. The van der Waals surface area contributed by atoms with Gasteiger partial charge < -0.3 is 19.7 Å². The molecule has 1 amide bonds. The van der Waals surface area contributed by atoms with Crippen LogP contribution in [0, 0.1) is 0 Å². The molecule has 0 radical (unpaired) electrons. The first kappa shape index (κ1) is 16.6. The Hall–Kier alpha value is -0.810. The number of likely N-dealkylation sites (tertiary alicyclic amines) is 1. The van der Waals surface area contributed by atoms with Crippen LogP contribution in [0.15, 0.2) is 0 Å². The minimum Gasteiger partial charge on any atom is -0.444 e. The Morgan fingerprint density at radius 1 is 1.19 bits per heavy atom. The summed E-state index contributed by atoms with van der Waals surface area (Å²) in [4.78, 5) is 13.7. The molecule has 0 bridgehead atoms. The van der Waals surface area contributed by atoms with Gasteiger partial charge in [-0.2, -0.15) is 0 Å². The third-order valence-electron chi connectivity index (χ3n) is 4.09. The van der Waals surface area contributed by atoms with Crippen molar-refractivity contribution in [3.8, 4) is 0 Å². The normalized spacial score (nSPS) is 21.2. The monoisotopic (exact) mass is 298 g/mol. The highest BCUT2D eigenvalue weighted by molar-refractivity contribution is 5.68. The molecule has 0 atom stereocenters. The molecular weight excluding hydrogens is 268 g/mol. The van der Waals surface area contributed by atoms with Crippen molar-refractivity contribution in [3.63, 3.8) is 0 Å². The Bertz CT molecular complexity index is 329. The summed E-state index contributed by atoms with van der Waals surface area (Å²) >= 11 is 0. The third kappa shape index (κ3) is 5.83. The second-order valence-corrected chi connectivity index (χ2v) is 7.12. The SMILES string of the molecule is CC(C)(C)OC(=O)N1CCC(OCCNC2CCC2)CC1. The van der Waals surface area contributed by atoms with Crippen molar-refractivity contribution in [3.05, 3.63) is 0 Å². The molecule has 1 heterocycles. The lowest BCUT2D eigenvalue weighted by Gasteiger charge is -2.33. The van der Waals surface area contributed by atoms with Crippen LogP contribution in [0.3, 0.4) is 0 Å². The third-order valence-corrected chi connectivity index (χ3v) is 4.09. The summed E-state index contributed by atoms with van der Waals surface area (Å²) in [5, 5.41) is 3.50. The zero-order valence-electron chi connectivity index (χ0n) is 13.7. The van der Waals surface area contributed by atoms with Crippen molar-refractivity contribution in [2.75, 3.05) is 26.2 Å². The van der Waals surface area contributed by atoms with Crippen molar-refractivity contribution in [2.45, 2.75) is 70.6 Å². The van der Waals surface area contributed by atoms with Gasteiger partial charge in [-0.1, -0.05) is 6.42 Å². The van der Waals surface area contributed by atoms with Gasteiger partial charge in [-0.25, -0.2) is 4.79 Å². The Labute approximate surface area is 128 Å². The second-order valence-electron chi connectivity index (χ2n) is 7.12. The molecule has 5 nitrogen and oxygen atoms in total. The van der Waals surface area contributed by atoms with Gasteiger partial charge in [0.05, 0.1) is 12.7 Å². The fraction of sp³-hybridized carbons (Fsp3) is 0.938. The highest BCUT2D eigenvalue weighted by atomic mass is 16.6. The number of nitrogens with one attached hydrogen (secondary N) is 1. The number of nitrogens with zero attached hydrogens (tertiary/aromatic N) is 1. The molecule has 122 valence electrons. The lowest BCUT2D eigenvalue weighted by atomic mass is 9.93. The van der Waals surface area contributed by atoms with Crippen LogP contribution in [-0.2, 0) is 9.47 Å². The molecule has 1 N–H and O–H groups in total. The van der Waals surface area contributed by atoms with Crippen molar-refractivity contribution < 1.29 is 14.3 Å². The Kier molecular flexibility index (Phi) is 5.88. The molecule has 2 aliphatic rings. The summed E-state index contributed by atoms with van der Waals surface area (Å²) in [5.41, 5.74) is -0.419. The molecule has 1 aliphatic carbocycles. The zero-order chi connectivity index (χ0) is 15.3. The molecule has 0 aromatic rings. The smallest absolute Gasteiger partial charge is 0.410 e. The van der Waals surface area contributed by atoms with Crippen LogP contribution in [0.4, 0.5) is 4.79 Å². The van der Waals surface area contributed by atoms with E-state index in [1.807, 2.05) is 20.8 Å². The van der Waals surface area contributed by atoms with E-state index in [4.69, 9.17) is 9.47 Å². The second kappa shape index (κ2) is 7.45. The Morgan fingerprint density at radius 2 is 1.86 bits per heavy atom. The molecule has 5 heteroatoms. The average Bonchev–Trinajstić information content (AvgIpc) is 2.35. The van der Waals surface area contributed by atoms with E-state index in [1.165, 1.54) is 19.3 Å². The first-order valence-corrected chi connectivity index (χ1v) is 8.27. The van der Waals surface area contributed by atoms with Crippen molar-refractivity contribution in [2.24, 2.45) is 0 Å². The molecule has 0 aromatic carbocycles. The number of piperidine rings is 1. The predicted octanol–water partition coefficient (Wildman–Crippen LogP) is 2.54. The van der Waals surface area contributed by atoms with Crippen molar-refractivity contribution in [1.29, 1.82) is 0 Å². The molecule has 1 saturated heterocycles. The van der Waals surface area contributed by atoms with E-state index in [9.17, 15) is 4.79 Å². The van der Waals surface area contributed by atoms with Crippen molar-refractivity contribution in [1.82, 2.24) is 10.2 Å². The van der Waals surface area contributed by atoms with Crippen LogP contribution in [-0.4, -0.2) is 55.0 Å². The van der Waals surface area contributed by atoms with Crippen molar-refractivity contribution >= 4 is 6.09 Å². The number of amides is 1. The van der Waals surface area contributed by atoms with Gasteiger partial charge in [0.1, 0.15) is 5.60 Å². The van der Waals surface area contributed by atoms with Crippen LogP contribution in [0.5, 0.6) is 0 Å². The van der Waals surface area contributed by atoms with Gasteiger partial charge in [-0.05, 0) is 46.5 Å². The predicted molar refractivity (Wildman–Crippen MR) is 82.4 cm³/mol. The first-order valence-electron chi connectivity index (χ1n) is 8.27. The Balaban J connectivity index is 1.56. The maximum atomic E-state index is 11.9. The van der Waals surface area contributed by atoms with Gasteiger partial charge in [-0.15, -0.1) is 0 Å². The first-order chi connectivity index (χ1) is 9.94. The van der Waals surface area contributed by atoms with Gasteiger partial charge >= 0.3 is 6.09 Å². The summed E-state index contributed by atoms with van der Waals surface area (Å²) in [7, 11) is 0. The standard InChI is InChI=1S/C16H30N2O3/c1-16(2,3)21-15(19)18-10-7-14(8-11-18)20-12-9-17-13-5-4-6-13/h13-14,17H,4-12H2,1-3H3. The molecule has 21 heavy (non-hydrogen) atoms. The lowest BCUT2D eigenvalue weighted by Crippen LogP contribution is -2.44. The number of rotatable bonds is 5. The van der Waals surface area contributed by atoms with Crippen LogP contribution in [0.1, 0.15) is 52.9 Å². The minimum absolute atomic E-state index is 0.201. The highest BCUT2D eigenvalue weighted by Crippen LogP contribution is 2.18. The lowest BCUT2D eigenvalue weighted by molar-refractivity contribution is -0.0111. The number of hydrogen-bond donors (Lipinski definition) is 1. The topological polar surface area (TPSA) is 50.8 Å². The number of carbonyl (C=O) groups is 1. The van der Waals surface area contributed by atoms with E-state index in [2.05, 4.69) is 5.32 Å². The largest absolute Gasteiger partial charge is 0.444 e. The summed E-state index contributed by atoms with van der Waals surface area (Å²) < 4.78 is 11.3. The van der Waals surface area contributed by atoms with E-state index in [0.717, 1.165) is 45.1 Å². The van der Waals surface area contributed by atoms with E-state index >= 15 is 0 Å². The molecule has 2 rings (SSSR count). The summed E-state index contributed by atoms with van der Waals surface area (Å²) in [6.07, 6.45) is 5.88. The van der Waals surface area contributed by atoms with Crippen LogP contribution in [0.25, 0.3) is 0 Å². The van der Waals surface area contributed by atoms with E-state index in [0.29, 0.717) is 0 Å². The van der Waals surface area contributed by atoms with Gasteiger partial charge in [0.2, 0.25) is 0 Å². The van der Waals surface area contributed by atoms with E-state index < -0.39 is 5.60 Å². The highest BCUT2D eigenvalue weighted by Gasteiger charge is 2.27. The maximum Gasteiger partial charge on any atom is 0.410 e. The Morgan fingerprint density at radius 3 is 2.38 bits per heavy atom. The van der Waals surface area contributed by atoms with Gasteiger partial charge in [-0.3, -0.25) is 0 Å². The van der Waals surface area contributed by atoms with Gasteiger partial charge in [0.15, 0.2) is 0 Å². The molecule has 1 saturated carbocycles. The fourth-order valence-corrected chi connectivity index (χ4v) is 2.63. The molecule has 0 unspecified atom stereocenters. The van der Waals surface area contributed by atoms with E-state index in [1.54, 1.807) is 4.90 Å². The average molecular weight is 298 g/mol. The summed E-state index contributed by atoms with van der Waals surface area (Å²) in [5.74, 6) is 0. The number of carbonyl (C=O) groups excluding carboxylic acids is 1. The van der Waals surface area contributed by atoms with Gasteiger partial charge in [0.25, 0.3) is 0 Å². The molecule has 0 aromatic heterocycles. The molecule has 0 spiro atoms. The quantitative estimate of drug-likeness (QED) is 0.793. The fourth-order valence-electron chi connectivity index (χ4n) is 2.63. The van der Waals surface area contributed by atoms with Gasteiger partial charge in [0, 0.05) is 25.7 Å². The van der Waals surface area contributed by atoms with Crippen LogP contribution < -0.4 is 5.32 Å².